The molecular formula is C19H20FNO. The van der Waals surface area contributed by atoms with Crippen molar-refractivity contribution < 1.29 is 9.18 Å². The van der Waals surface area contributed by atoms with Crippen LogP contribution in [0.1, 0.15) is 43.4 Å². The van der Waals surface area contributed by atoms with Crippen molar-refractivity contribution >= 4 is 5.91 Å². The smallest absolute Gasteiger partial charge is 0.231 e. The largest absolute Gasteiger partial charge is 0.349 e. The van der Waals surface area contributed by atoms with E-state index in [1.807, 2.05) is 37.3 Å². The van der Waals surface area contributed by atoms with E-state index in [4.69, 9.17) is 0 Å². The van der Waals surface area contributed by atoms with Crippen LogP contribution in [0.2, 0.25) is 0 Å². The molecule has 1 amide bonds. The number of rotatable bonds is 4. The van der Waals surface area contributed by atoms with Gasteiger partial charge in [0.2, 0.25) is 5.91 Å². The zero-order chi connectivity index (χ0) is 15.6. The van der Waals surface area contributed by atoms with Crippen LogP contribution < -0.4 is 5.32 Å². The second-order valence-electron chi connectivity index (χ2n) is 6.02. The lowest BCUT2D eigenvalue weighted by Gasteiger charge is -2.41. The van der Waals surface area contributed by atoms with E-state index in [0.29, 0.717) is 18.4 Å². The van der Waals surface area contributed by atoms with E-state index in [-0.39, 0.29) is 17.8 Å². The number of carbonyl (C=O) groups excluding carboxylic acids is 1. The normalized spacial score (nSPS) is 17.4. The first-order valence-electron chi connectivity index (χ1n) is 7.74. The highest BCUT2D eigenvalue weighted by atomic mass is 19.1. The molecule has 2 aromatic carbocycles. The summed E-state index contributed by atoms with van der Waals surface area (Å²) < 4.78 is 14.1. The van der Waals surface area contributed by atoms with E-state index >= 15 is 0 Å². The second-order valence-corrected chi connectivity index (χ2v) is 6.02. The molecule has 0 saturated heterocycles. The fraction of sp³-hybridized carbons (Fsp3) is 0.316. The number of nitrogens with one attached hydrogen (secondary N) is 1. The van der Waals surface area contributed by atoms with E-state index in [1.165, 1.54) is 6.07 Å². The molecule has 0 aliphatic heterocycles. The number of amides is 1. The Morgan fingerprint density at radius 2 is 1.73 bits per heavy atom. The summed E-state index contributed by atoms with van der Waals surface area (Å²) in [7, 11) is 0. The monoisotopic (exact) mass is 297 g/mol. The second kappa shape index (κ2) is 5.91. The Kier molecular flexibility index (Phi) is 3.97. The van der Waals surface area contributed by atoms with Crippen molar-refractivity contribution in [3.8, 4) is 0 Å². The molecule has 1 unspecified atom stereocenters. The Morgan fingerprint density at radius 3 is 2.32 bits per heavy atom. The predicted octanol–water partition coefficient (Wildman–Crippen LogP) is 4.12. The third kappa shape index (κ3) is 2.52. The molecule has 0 spiro atoms. The summed E-state index contributed by atoms with van der Waals surface area (Å²) in [5.74, 6) is -0.357. The molecule has 22 heavy (non-hydrogen) atoms. The summed E-state index contributed by atoms with van der Waals surface area (Å²) in [5.41, 5.74) is 0.881. The maximum absolute atomic E-state index is 14.1. The molecule has 3 rings (SSSR count). The molecule has 0 radical (unpaired) electrons. The molecule has 2 aromatic rings. The van der Waals surface area contributed by atoms with Crippen molar-refractivity contribution in [1.82, 2.24) is 5.32 Å². The average Bonchev–Trinajstić information content (AvgIpc) is 2.49. The molecule has 114 valence electrons. The van der Waals surface area contributed by atoms with Crippen LogP contribution in [0, 0.1) is 5.82 Å². The van der Waals surface area contributed by atoms with Gasteiger partial charge >= 0.3 is 0 Å². The molecule has 3 heteroatoms. The number of hydrogen-bond acceptors (Lipinski definition) is 1. The maximum atomic E-state index is 14.1. The first-order chi connectivity index (χ1) is 10.6. The van der Waals surface area contributed by atoms with E-state index in [2.05, 4.69) is 5.32 Å². The van der Waals surface area contributed by atoms with Gasteiger partial charge in [-0.1, -0.05) is 55.0 Å². The first kappa shape index (κ1) is 14.8. The summed E-state index contributed by atoms with van der Waals surface area (Å²) in [6.45, 7) is 1.96. The molecule has 1 fully saturated rings. The highest BCUT2D eigenvalue weighted by Crippen LogP contribution is 2.45. The van der Waals surface area contributed by atoms with Crippen LogP contribution >= 0.6 is 0 Å². The Bertz CT molecular complexity index is 664. The van der Waals surface area contributed by atoms with Gasteiger partial charge in [-0.25, -0.2) is 4.39 Å². The molecule has 1 aliphatic rings. The molecule has 1 aliphatic carbocycles. The zero-order valence-electron chi connectivity index (χ0n) is 12.7. The number of halogens is 1. The highest BCUT2D eigenvalue weighted by molar-refractivity contribution is 5.89. The lowest BCUT2D eigenvalue weighted by molar-refractivity contribution is -0.130. The number of carbonyl (C=O) groups is 1. The molecule has 0 aromatic heterocycles. The fourth-order valence-corrected chi connectivity index (χ4v) is 3.16. The van der Waals surface area contributed by atoms with Crippen molar-refractivity contribution in [3.05, 3.63) is 71.5 Å². The van der Waals surface area contributed by atoms with E-state index in [9.17, 15) is 9.18 Å². The van der Waals surface area contributed by atoms with Crippen LogP contribution in [0.5, 0.6) is 0 Å². The van der Waals surface area contributed by atoms with E-state index < -0.39 is 5.41 Å². The van der Waals surface area contributed by atoms with Crippen molar-refractivity contribution in [3.63, 3.8) is 0 Å². The molecule has 2 nitrogen and oxygen atoms in total. The zero-order valence-corrected chi connectivity index (χ0v) is 12.7. The van der Waals surface area contributed by atoms with Gasteiger partial charge in [0.25, 0.3) is 0 Å². The third-order valence-corrected chi connectivity index (χ3v) is 4.68. The summed E-state index contributed by atoms with van der Waals surface area (Å²) in [6.07, 6.45) is 2.38. The topological polar surface area (TPSA) is 29.1 Å². The molecule has 1 atom stereocenters. The Hall–Kier alpha value is -2.16. The average molecular weight is 297 g/mol. The number of hydrogen-bond donors (Lipinski definition) is 1. The lowest BCUT2D eigenvalue weighted by atomic mass is 9.63. The molecule has 1 saturated carbocycles. The van der Waals surface area contributed by atoms with Crippen molar-refractivity contribution in [1.29, 1.82) is 0 Å². The molecule has 0 bridgehead atoms. The minimum Gasteiger partial charge on any atom is -0.349 e. The molecule has 1 N–H and O–H groups in total. The van der Waals surface area contributed by atoms with E-state index in [1.54, 1.807) is 18.2 Å². The van der Waals surface area contributed by atoms with Crippen LogP contribution in [-0.4, -0.2) is 5.91 Å². The van der Waals surface area contributed by atoms with Crippen LogP contribution in [0.15, 0.2) is 54.6 Å². The van der Waals surface area contributed by atoms with Gasteiger partial charge in [0.1, 0.15) is 5.82 Å². The Morgan fingerprint density at radius 1 is 1.09 bits per heavy atom. The Balaban J connectivity index is 1.82. The SMILES string of the molecule is CC(NC(=O)C1(c2ccccc2F)CCC1)c1ccccc1. The fourth-order valence-electron chi connectivity index (χ4n) is 3.16. The summed E-state index contributed by atoms with van der Waals surface area (Å²) in [6, 6.07) is 16.4. The van der Waals surface area contributed by atoms with Crippen molar-refractivity contribution in [2.45, 2.75) is 37.6 Å². The third-order valence-electron chi connectivity index (χ3n) is 4.68. The quantitative estimate of drug-likeness (QED) is 0.903. The van der Waals surface area contributed by atoms with Crippen LogP contribution in [0.3, 0.4) is 0 Å². The lowest BCUT2D eigenvalue weighted by Crippen LogP contribution is -2.50. The van der Waals surface area contributed by atoms with Crippen LogP contribution in [-0.2, 0) is 10.2 Å². The molecular weight excluding hydrogens is 277 g/mol. The standard InChI is InChI=1S/C19H20FNO/c1-14(15-8-3-2-4-9-15)21-18(22)19(12-7-13-19)16-10-5-6-11-17(16)20/h2-6,8-11,14H,7,12-13H2,1H3,(H,21,22). The molecule has 0 heterocycles. The van der Waals surface area contributed by atoms with Crippen molar-refractivity contribution in [2.24, 2.45) is 0 Å². The number of benzene rings is 2. The van der Waals surface area contributed by atoms with Crippen LogP contribution in [0.25, 0.3) is 0 Å². The predicted molar refractivity (Wildman–Crippen MR) is 84.9 cm³/mol. The minimum atomic E-state index is -0.700. The van der Waals surface area contributed by atoms with Gasteiger partial charge < -0.3 is 5.32 Å². The van der Waals surface area contributed by atoms with Gasteiger partial charge in [-0.2, -0.15) is 0 Å². The van der Waals surface area contributed by atoms with Crippen molar-refractivity contribution in [2.75, 3.05) is 0 Å². The maximum Gasteiger partial charge on any atom is 0.231 e. The van der Waals surface area contributed by atoms with Gasteiger partial charge in [-0.3, -0.25) is 4.79 Å². The summed E-state index contributed by atoms with van der Waals surface area (Å²) in [4.78, 5) is 12.8. The first-order valence-corrected chi connectivity index (χ1v) is 7.74. The van der Waals surface area contributed by atoms with Gasteiger partial charge in [-0.15, -0.1) is 0 Å². The highest BCUT2D eigenvalue weighted by Gasteiger charge is 2.47. The minimum absolute atomic E-state index is 0.0693. The van der Waals surface area contributed by atoms with Gasteiger partial charge in [0, 0.05) is 5.56 Å². The summed E-state index contributed by atoms with van der Waals surface area (Å²) >= 11 is 0. The van der Waals surface area contributed by atoms with Gasteiger partial charge in [-0.05, 0) is 31.4 Å². The van der Waals surface area contributed by atoms with E-state index in [0.717, 1.165) is 12.0 Å². The summed E-state index contributed by atoms with van der Waals surface area (Å²) in [5, 5.41) is 3.06. The van der Waals surface area contributed by atoms with Gasteiger partial charge in [0.05, 0.1) is 11.5 Å². The van der Waals surface area contributed by atoms with Gasteiger partial charge in [0.15, 0.2) is 0 Å². The van der Waals surface area contributed by atoms with Crippen LogP contribution in [0.4, 0.5) is 4.39 Å². The Labute approximate surface area is 130 Å².